The van der Waals surface area contributed by atoms with Gasteiger partial charge < -0.3 is 0 Å². The molecule has 128 valence electrons. The average Bonchev–Trinajstić information content (AvgIpc) is 2.61. The van der Waals surface area contributed by atoms with Gasteiger partial charge in [-0.2, -0.15) is 0 Å². The monoisotopic (exact) mass is 328 g/mol. The normalized spacial score (nSPS) is 30.3. The van der Waals surface area contributed by atoms with Gasteiger partial charge in [0.05, 0.1) is 0 Å². The van der Waals surface area contributed by atoms with Crippen LogP contribution in [0.2, 0.25) is 0 Å². The molecule has 2 aliphatic carbocycles. The Kier molecular flexibility index (Phi) is 4.32. The van der Waals surface area contributed by atoms with Crippen LogP contribution in [-0.4, -0.2) is 0 Å². The third-order valence-corrected chi connectivity index (χ3v) is 6.66. The van der Waals surface area contributed by atoms with Crippen LogP contribution in [0.1, 0.15) is 63.4 Å². The van der Waals surface area contributed by atoms with Gasteiger partial charge >= 0.3 is 0 Å². The topological polar surface area (TPSA) is 0 Å². The maximum absolute atomic E-state index is 14.4. The Balaban J connectivity index is 1.57. The van der Waals surface area contributed by atoms with Crippen LogP contribution < -0.4 is 0 Å². The van der Waals surface area contributed by atoms with Gasteiger partial charge in [0, 0.05) is 5.39 Å². The molecule has 2 aromatic carbocycles. The molecule has 0 spiro atoms. The van der Waals surface area contributed by atoms with Gasteiger partial charge in [0.25, 0.3) is 0 Å². The van der Waals surface area contributed by atoms with Crippen LogP contribution in [0.15, 0.2) is 30.3 Å². The summed E-state index contributed by atoms with van der Waals surface area (Å²) >= 11 is 0. The van der Waals surface area contributed by atoms with Crippen LogP contribution in [0.5, 0.6) is 0 Å². The van der Waals surface area contributed by atoms with Gasteiger partial charge in [-0.3, -0.25) is 0 Å². The number of hydrogen-bond donors (Lipinski definition) is 0. The molecule has 0 nitrogen and oxygen atoms in total. The molecule has 2 fully saturated rings. The van der Waals surface area contributed by atoms with Crippen molar-refractivity contribution in [2.75, 3.05) is 0 Å². The lowest BCUT2D eigenvalue weighted by Crippen LogP contribution is -2.30. The van der Waals surface area contributed by atoms with Gasteiger partial charge in [0.1, 0.15) is 11.6 Å². The third kappa shape index (κ3) is 2.96. The average molecular weight is 328 g/mol. The zero-order valence-electron chi connectivity index (χ0n) is 14.4. The van der Waals surface area contributed by atoms with E-state index in [1.54, 1.807) is 12.1 Å². The maximum atomic E-state index is 14.4. The molecule has 2 heteroatoms. The molecule has 4 atom stereocenters. The van der Waals surface area contributed by atoms with Crippen LogP contribution in [0.3, 0.4) is 0 Å². The van der Waals surface area contributed by atoms with Crippen LogP contribution in [0, 0.1) is 29.4 Å². The standard InChI is InChI=1S/C22H26F2/c1-2-14-3-4-16-10-17(6-5-15(16)9-14)19-11-18-7-8-20(23)13-21(18)22(24)12-19/h7-8,11-17H,2-6,9-10H2,1H3. The second-order valence-electron chi connectivity index (χ2n) is 7.99. The van der Waals surface area contributed by atoms with Crippen molar-refractivity contribution in [2.24, 2.45) is 17.8 Å². The quantitative estimate of drug-likeness (QED) is 0.567. The summed E-state index contributed by atoms with van der Waals surface area (Å²) in [6.45, 7) is 2.32. The second-order valence-corrected chi connectivity index (χ2v) is 7.99. The Labute approximate surface area is 143 Å². The molecule has 0 radical (unpaired) electrons. The number of fused-ring (bicyclic) bond motifs is 2. The fourth-order valence-corrected chi connectivity index (χ4v) is 5.20. The molecule has 0 aromatic heterocycles. The Morgan fingerprint density at radius 3 is 2.54 bits per heavy atom. The predicted octanol–water partition coefficient (Wildman–Crippen LogP) is 6.83. The Morgan fingerprint density at radius 1 is 0.917 bits per heavy atom. The molecule has 24 heavy (non-hydrogen) atoms. The van der Waals surface area contributed by atoms with E-state index in [0.717, 1.165) is 28.7 Å². The van der Waals surface area contributed by atoms with Gasteiger partial charge in [0.15, 0.2) is 0 Å². The molecule has 0 amide bonds. The largest absolute Gasteiger partial charge is 0.207 e. The highest BCUT2D eigenvalue weighted by molar-refractivity contribution is 5.84. The van der Waals surface area contributed by atoms with Crippen molar-refractivity contribution < 1.29 is 8.78 Å². The molecule has 4 unspecified atom stereocenters. The van der Waals surface area contributed by atoms with Crippen LogP contribution >= 0.6 is 0 Å². The SMILES string of the molecule is CCC1CCC2CC(c3cc(F)c4cc(F)ccc4c3)CCC2C1. The van der Waals surface area contributed by atoms with Gasteiger partial charge in [-0.05, 0) is 84.9 Å². The fraction of sp³-hybridized carbons (Fsp3) is 0.545. The fourth-order valence-electron chi connectivity index (χ4n) is 5.20. The Hall–Kier alpha value is -1.44. The highest BCUT2D eigenvalue weighted by Crippen LogP contribution is 2.48. The van der Waals surface area contributed by atoms with Crippen molar-refractivity contribution in [1.29, 1.82) is 0 Å². The summed E-state index contributed by atoms with van der Waals surface area (Å²) in [6.07, 6.45) is 9.10. The highest BCUT2D eigenvalue weighted by Gasteiger charge is 2.35. The summed E-state index contributed by atoms with van der Waals surface area (Å²) in [7, 11) is 0. The maximum Gasteiger partial charge on any atom is 0.131 e. The molecule has 0 saturated heterocycles. The molecule has 2 aliphatic rings. The minimum Gasteiger partial charge on any atom is -0.207 e. The van der Waals surface area contributed by atoms with Crippen LogP contribution in [0.25, 0.3) is 10.8 Å². The van der Waals surface area contributed by atoms with Crippen LogP contribution in [0.4, 0.5) is 8.78 Å². The molecule has 0 N–H and O–H groups in total. The van der Waals surface area contributed by atoms with E-state index in [1.165, 1.54) is 57.1 Å². The number of benzene rings is 2. The van der Waals surface area contributed by atoms with Gasteiger partial charge in [-0.25, -0.2) is 8.78 Å². The van der Waals surface area contributed by atoms with Crippen molar-refractivity contribution in [3.8, 4) is 0 Å². The lowest BCUT2D eigenvalue weighted by molar-refractivity contribution is 0.116. The van der Waals surface area contributed by atoms with Gasteiger partial charge in [-0.15, -0.1) is 0 Å². The minimum absolute atomic E-state index is 0.279. The third-order valence-electron chi connectivity index (χ3n) is 6.66. The van der Waals surface area contributed by atoms with Crippen molar-refractivity contribution in [1.82, 2.24) is 0 Å². The number of hydrogen-bond acceptors (Lipinski definition) is 0. The van der Waals surface area contributed by atoms with Gasteiger partial charge in [0.2, 0.25) is 0 Å². The number of rotatable bonds is 2. The van der Waals surface area contributed by atoms with E-state index in [0.29, 0.717) is 11.3 Å². The first-order valence-corrected chi connectivity index (χ1v) is 9.52. The van der Waals surface area contributed by atoms with Crippen molar-refractivity contribution >= 4 is 10.8 Å². The molecular weight excluding hydrogens is 302 g/mol. The molecule has 2 aromatic rings. The summed E-state index contributed by atoms with van der Waals surface area (Å²) in [4.78, 5) is 0. The molecule has 4 rings (SSSR count). The highest BCUT2D eigenvalue weighted by atomic mass is 19.1. The van der Waals surface area contributed by atoms with Gasteiger partial charge in [-0.1, -0.05) is 31.9 Å². The second kappa shape index (κ2) is 6.46. The Morgan fingerprint density at radius 2 is 1.71 bits per heavy atom. The van der Waals surface area contributed by atoms with E-state index >= 15 is 0 Å². The minimum atomic E-state index is -0.373. The van der Waals surface area contributed by atoms with Crippen molar-refractivity contribution in [3.63, 3.8) is 0 Å². The van der Waals surface area contributed by atoms with E-state index in [9.17, 15) is 8.78 Å². The van der Waals surface area contributed by atoms with E-state index in [-0.39, 0.29) is 11.6 Å². The molecule has 2 saturated carbocycles. The molecule has 0 heterocycles. The lowest BCUT2D eigenvalue weighted by atomic mass is 9.63. The summed E-state index contributed by atoms with van der Waals surface area (Å²) < 4.78 is 27.8. The van der Waals surface area contributed by atoms with Crippen molar-refractivity contribution in [2.45, 2.75) is 57.8 Å². The lowest BCUT2D eigenvalue weighted by Gasteiger charge is -2.42. The summed E-state index contributed by atoms with van der Waals surface area (Å²) in [5.74, 6) is 2.45. The first-order chi connectivity index (χ1) is 11.6. The Bertz CT molecular complexity index is 736. The predicted molar refractivity (Wildman–Crippen MR) is 95.1 cm³/mol. The number of halogens is 2. The molecule has 0 aliphatic heterocycles. The smallest absolute Gasteiger partial charge is 0.131 e. The van der Waals surface area contributed by atoms with E-state index < -0.39 is 0 Å². The van der Waals surface area contributed by atoms with Crippen molar-refractivity contribution in [3.05, 3.63) is 47.5 Å². The zero-order valence-corrected chi connectivity index (χ0v) is 14.4. The van der Waals surface area contributed by atoms with E-state index in [4.69, 9.17) is 0 Å². The zero-order chi connectivity index (χ0) is 16.7. The molecule has 0 bridgehead atoms. The summed E-state index contributed by atoms with van der Waals surface area (Å²) in [5.41, 5.74) is 1.11. The first-order valence-electron chi connectivity index (χ1n) is 9.52. The summed E-state index contributed by atoms with van der Waals surface area (Å²) in [6, 6.07) is 8.17. The first kappa shape index (κ1) is 16.1. The summed E-state index contributed by atoms with van der Waals surface area (Å²) in [5, 5.41) is 1.22. The van der Waals surface area contributed by atoms with E-state index in [2.05, 4.69) is 13.0 Å². The molecular formula is C22H26F2. The van der Waals surface area contributed by atoms with Crippen LogP contribution in [-0.2, 0) is 0 Å². The van der Waals surface area contributed by atoms with E-state index in [1.807, 2.05) is 0 Å².